The average molecular weight is 335 g/mol. The highest BCUT2D eigenvalue weighted by atomic mass is 79.9. The van der Waals surface area contributed by atoms with E-state index in [-0.39, 0.29) is 0 Å². The number of rotatable bonds is 3. The highest BCUT2D eigenvalue weighted by Crippen LogP contribution is 2.23. The molecule has 0 radical (unpaired) electrons. The predicted octanol–water partition coefficient (Wildman–Crippen LogP) is 3.56. The predicted molar refractivity (Wildman–Crippen MR) is 80.3 cm³/mol. The SMILES string of the molecule is [O-][S+](Cn1cc2c(Br)cccc2n1)c1ccccc1. The summed E-state index contributed by atoms with van der Waals surface area (Å²) >= 11 is 2.41. The summed E-state index contributed by atoms with van der Waals surface area (Å²) in [6.07, 6.45) is 1.92. The zero-order chi connectivity index (χ0) is 13.2. The minimum atomic E-state index is -1.08. The summed E-state index contributed by atoms with van der Waals surface area (Å²) < 4.78 is 15.0. The van der Waals surface area contributed by atoms with Crippen molar-refractivity contribution in [2.45, 2.75) is 10.8 Å². The summed E-state index contributed by atoms with van der Waals surface area (Å²) in [6.45, 7) is 0. The van der Waals surface area contributed by atoms with Gasteiger partial charge in [0.2, 0.25) is 5.88 Å². The van der Waals surface area contributed by atoms with E-state index in [0.29, 0.717) is 5.88 Å². The third-order valence-corrected chi connectivity index (χ3v) is 4.79. The van der Waals surface area contributed by atoms with Crippen LogP contribution in [0.25, 0.3) is 10.9 Å². The Morgan fingerprint density at radius 1 is 1.11 bits per heavy atom. The lowest BCUT2D eigenvalue weighted by molar-refractivity contribution is 0.575. The molecule has 0 spiro atoms. The highest BCUT2D eigenvalue weighted by Gasteiger charge is 2.12. The summed E-state index contributed by atoms with van der Waals surface area (Å²) in [5.74, 6) is 0.366. The molecule has 0 aliphatic heterocycles. The second-order valence-corrected chi connectivity index (χ2v) is 6.40. The van der Waals surface area contributed by atoms with Crippen molar-refractivity contribution in [1.29, 1.82) is 0 Å². The second kappa shape index (κ2) is 5.36. The topological polar surface area (TPSA) is 40.9 Å². The normalized spacial score (nSPS) is 12.7. The first kappa shape index (κ1) is 12.7. The fourth-order valence-electron chi connectivity index (χ4n) is 1.89. The van der Waals surface area contributed by atoms with Crippen LogP contribution in [0.1, 0.15) is 0 Å². The number of nitrogens with zero attached hydrogens (tertiary/aromatic N) is 2. The van der Waals surface area contributed by atoms with E-state index in [1.54, 1.807) is 4.68 Å². The summed E-state index contributed by atoms with van der Waals surface area (Å²) in [6, 6.07) is 15.3. The van der Waals surface area contributed by atoms with Crippen molar-refractivity contribution in [1.82, 2.24) is 9.78 Å². The Labute approximate surface area is 122 Å². The molecule has 1 unspecified atom stereocenters. The zero-order valence-electron chi connectivity index (χ0n) is 9.99. The first-order valence-electron chi connectivity index (χ1n) is 5.79. The molecule has 1 aromatic heterocycles. The molecule has 96 valence electrons. The molecule has 0 bridgehead atoms. The number of fused-ring (bicyclic) bond motifs is 1. The van der Waals surface area contributed by atoms with Crippen molar-refractivity contribution in [3.63, 3.8) is 0 Å². The molecule has 0 aliphatic carbocycles. The fraction of sp³-hybridized carbons (Fsp3) is 0.0714. The molecule has 1 atom stereocenters. The lowest BCUT2D eigenvalue weighted by atomic mass is 10.3. The van der Waals surface area contributed by atoms with E-state index in [9.17, 15) is 4.55 Å². The standard InChI is InChI=1S/C14H11BrN2OS/c15-13-7-4-8-14-12(13)9-17(16-14)10-19(18)11-5-2-1-3-6-11/h1-9H,10H2. The Hall–Kier alpha value is -1.30. The van der Waals surface area contributed by atoms with Crippen molar-refractivity contribution in [3.8, 4) is 0 Å². The zero-order valence-corrected chi connectivity index (χ0v) is 12.4. The van der Waals surface area contributed by atoms with Gasteiger partial charge in [0, 0.05) is 27.2 Å². The van der Waals surface area contributed by atoms with Crippen molar-refractivity contribution in [3.05, 3.63) is 59.2 Å². The summed E-state index contributed by atoms with van der Waals surface area (Å²) in [4.78, 5) is 0.820. The van der Waals surface area contributed by atoms with E-state index in [2.05, 4.69) is 21.0 Å². The largest absolute Gasteiger partial charge is 0.610 e. The third-order valence-electron chi connectivity index (χ3n) is 2.80. The number of hydrogen-bond donors (Lipinski definition) is 0. The summed E-state index contributed by atoms with van der Waals surface area (Å²) in [5.41, 5.74) is 0.902. The van der Waals surface area contributed by atoms with Gasteiger partial charge < -0.3 is 4.55 Å². The van der Waals surface area contributed by atoms with Crippen LogP contribution < -0.4 is 0 Å². The van der Waals surface area contributed by atoms with Crippen molar-refractivity contribution < 1.29 is 4.55 Å². The molecule has 3 nitrogen and oxygen atoms in total. The van der Waals surface area contributed by atoms with E-state index in [4.69, 9.17) is 0 Å². The smallest absolute Gasteiger partial charge is 0.202 e. The van der Waals surface area contributed by atoms with Gasteiger partial charge in [0.05, 0.1) is 5.52 Å². The van der Waals surface area contributed by atoms with E-state index in [0.717, 1.165) is 20.3 Å². The fourth-order valence-corrected chi connectivity index (χ4v) is 3.33. The van der Waals surface area contributed by atoms with Crippen LogP contribution in [-0.2, 0) is 17.1 Å². The molecule has 3 aromatic rings. The molecular weight excluding hydrogens is 324 g/mol. The van der Waals surface area contributed by atoms with Crippen molar-refractivity contribution >= 4 is 38.0 Å². The molecule has 19 heavy (non-hydrogen) atoms. The maximum absolute atomic E-state index is 12.2. The Morgan fingerprint density at radius 2 is 1.89 bits per heavy atom. The molecule has 0 fully saturated rings. The monoisotopic (exact) mass is 334 g/mol. The lowest BCUT2D eigenvalue weighted by Gasteiger charge is -2.09. The second-order valence-electron chi connectivity index (χ2n) is 4.13. The Bertz CT molecular complexity index is 699. The van der Waals surface area contributed by atoms with Crippen LogP contribution in [0.2, 0.25) is 0 Å². The number of hydrogen-bond acceptors (Lipinski definition) is 2. The molecule has 0 saturated carbocycles. The van der Waals surface area contributed by atoms with Crippen molar-refractivity contribution in [2.75, 3.05) is 0 Å². The van der Waals surface area contributed by atoms with Gasteiger partial charge >= 0.3 is 0 Å². The molecule has 2 aromatic carbocycles. The van der Waals surface area contributed by atoms with E-state index < -0.39 is 11.2 Å². The van der Waals surface area contributed by atoms with Gasteiger partial charge in [-0.25, -0.2) is 4.68 Å². The molecule has 0 amide bonds. The van der Waals surface area contributed by atoms with Crippen molar-refractivity contribution in [2.24, 2.45) is 0 Å². The molecule has 3 rings (SSSR count). The van der Waals surface area contributed by atoms with Gasteiger partial charge in [-0.05, 0) is 24.3 Å². The van der Waals surface area contributed by atoms with Gasteiger partial charge in [-0.1, -0.05) is 40.2 Å². The van der Waals surface area contributed by atoms with Gasteiger partial charge in [-0.3, -0.25) is 0 Å². The third kappa shape index (κ3) is 2.68. The van der Waals surface area contributed by atoms with Crippen LogP contribution in [0.15, 0.2) is 64.1 Å². The van der Waals surface area contributed by atoms with E-state index in [1.165, 1.54) is 0 Å². The number of halogens is 1. The van der Waals surface area contributed by atoms with Crippen LogP contribution in [0.4, 0.5) is 0 Å². The minimum absolute atomic E-state index is 0.366. The summed E-state index contributed by atoms with van der Waals surface area (Å²) in [5, 5.41) is 5.47. The van der Waals surface area contributed by atoms with Crippen LogP contribution in [0.5, 0.6) is 0 Å². The van der Waals surface area contributed by atoms with Crippen LogP contribution >= 0.6 is 15.9 Å². The van der Waals surface area contributed by atoms with Gasteiger partial charge in [0.15, 0.2) is 4.90 Å². The van der Waals surface area contributed by atoms with Gasteiger partial charge in [0.25, 0.3) is 0 Å². The maximum atomic E-state index is 12.2. The molecule has 5 heteroatoms. The number of aromatic nitrogens is 2. The first-order chi connectivity index (χ1) is 9.24. The Morgan fingerprint density at radius 3 is 2.63 bits per heavy atom. The summed E-state index contributed by atoms with van der Waals surface area (Å²) in [7, 11) is 0. The van der Waals surface area contributed by atoms with E-state index >= 15 is 0 Å². The van der Waals surface area contributed by atoms with Gasteiger partial charge in [0.1, 0.15) is 0 Å². The van der Waals surface area contributed by atoms with Crippen LogP contribution in [0.3, 0.4) is 0 Å². The number of benzene rings is 2. The van der Waals surface area contributed by atoms with Crippen LogP contribution in [0, 0.1) is 0 Å². The van der Waals surface area contributed by atoms with E-state index in [1.807, 2.05) is 54.7 Å². The molecule has 0 aliphatic rings. The van der Waals surface area contributed by atoms with Gasteiger partial charge in [-0.15, -0.1) is 0 Å². The molecular formula is C14H11BrN2OS. The first-order valence-corrected chi connectivity index (χ1v) is 7.90. The van der Waals surface area contributed by atoms with Crippen LogP contribution in [-0.4, -0.2) is 14.3 Å². The maximum Gasteiger partial charge on any atom is 0.202 e. The Balaban J connectivity index is 1.88. The molecule has 1 heterocycles. The quantitative estimate of drug-likeness (QED) is 0.687. The van der Waals surface area contributed by atoms with Gasteiger partial charge in [-0.2, -0.15) is 5.10 Å². The minimum Gasteiger partial charge on any atom is -0.610 e. The average Bonchev–Trinajstić information content (AvgIpc) is 2.84. The Kier molecular flexibility index (Phi) is 3.59. The lowest BCUT2D eigenvalue weighted by Crippen LogP contribution is -2.11. The highest BCUT2D eigenvalue weighted by molar-refractivity contribution is 9.10. The molecule has 0 N–H and O–H groups in total. The molecule has 0 saturated heterocycles.